The minimum absolute atomic E-state index is 0.0347. The molecule has 0 spiro atoms. The average molecular weight is 723 g/mol. The van der Waals surface area contributed by atoms with E-state index in [1.807, 2.05) is 91.0 Å². The van der Waals surface area contributed by atoms with E-state index in [1.165, 1.54) is 6.08 Å². The van der Waals surface area contributed by atoms with E-state index in [9.17, 15) is 24.6 Å². The molecule has 2 amide bonds. The number of cyclic esters (lactones) is 1. The maximum absolute atomic E-state index is 14.2. The zero-order valence-electron chi connectivity index (χ0n) is 26.7. The second-order valence-electron chi connectivity index (χ2n) is 12.0. The number of aliphatic hydroxyl groups is 2. The van der Waals surface area contributed by atoms with Crippen LogP contribution < -0.4 is 0 Å². The molecule has 3 aromatic rings. The molecule has 10 nitrogen and oxygen atoms in total. The molecule has 0 aliphatic carbocycles. The summed E-state index contributed by atoms with van der Waals surface area (Å²) in [6.07, 6.45) is -1.72. The smallest absolute Gasteiger partial charge is 0.417 e. The van der Waals surface area contributed by atoms with Gasteiger partial charge >= 0.3 is 6.09 Å². The van der Waals surface area contributed by atoms with Crippen LogP contribution in [0.15, 0.2) is 102 Å². The Morgan fingerprint density at radius 1 is 0.979 bits per heavy atom. The molecule has 5 rings (SSSR count). The van der Waals surface area contributed by atoms with Crippen molar-refractivity contribution in [1.29, 1.82) is 0 Å². The van der Waals surface area contributed by atoms with E-state index in [4.69, 9.17) is 18.9 Å². The summed E-state index contributed by atoms with van der Waals surface area (Å²) in [5, 5.41) is 21.3. The highest BCUT2D eigenvalue weighted by Crippen LogP contribution is 2.39. The molecule has 1 fully saturated rings. The van der Waals surface area contributed by atoms with E-state index < -0.39 is 53.8 Å². The number of amides is 2. The lowest BCUT2D eigenvalue weighted by molar-refractivity contribution is -0.219. The highest BCUT2D eigenvalue weighted by Gasteiger charge is 2.51. The van der Waals surface area contributed by atoms with Crippen LogP contribution in [0.2, 0.25) is 0 Å². The van der Waals surface area contributed by atoms with Crippen molar-refractivity contribution in [3.05, 3.63) is 118 Å². The van der Waals surface area contributed by atoms with Crippen molar-refractivity contribution in [3.63, 3.8) is 0 Å². The Bertz CT molecular complexity index is 1550. The van der Waals surface area contributed by atoms with Gasteiger partial charge in [-0.25, -0.2) is 9.69 Å². The van der Waals surface area contributed by atoms with E-state index in [-0.39, 0.29) is 37.1 Å². The van der Waals surface area contributed by atoms with Gasteiger partial charge in [0, 0.05) is 13.0 Å². The Balaban J connectivity index is 1.26. The van der Waals surface area contributed by atoms with Gasteiger partial charge in [-0.2, -0.15) is 0 Å². The predicted molar refractivity (Wildman–Crippen MR) is 180 cm³/mol. The second-order valence-corrected chi connectivity index (χ2v) is 12.8. The fourth-order valence-electron chi connectivity index (χ4n) is 5.89. The van der Waals surface area contributed by atoms with Gasteiger partial charge in [0.05, 0.1) is 36.3 Å². The second kappa shape index (κ2) is 16.6. The number of halogens is 1. The van der Waals surface area contributed by atoms with Gasteiger partial charge < -0.3 is 29.2 Å². The fourth-order valence-corrected chi connectivity index (χ4v) is 6.41. The number of hydrogen-bond acceptors (Lipinski definition) is 9. The first kappa shape index (κ1) is 35.6. The van der Waals surface area contributed by atoms with Crippen LogP contribution in [0.1, 0.15) is 42.6 Å². The van der Waals surface area contributed by atoms with Crippen LogP contribution in [0.4, 0.5) is 4.79 Å². The number of rotatable bonds is 15. The molecule has 254 valence electrons. The first-order chi connectivity index (χ1) is 23.2. The molecule has 0 aromatic heterocycles. The van der Waals surface area contributed by atoms with Gasteiger partial charge in [-0.1, -0.05) is 91.0 Å². The van der Waals surface area contributed by atoms with Crippen molar-refractivity contribution in [2.24, 2.45) is 5.92 Å². The average Bonchev–Trinajstić information content (AvgIpc) is 3.40. The summed E-state index contributed by atoms with van der Waals surface area (Å²) in [6.45, 7) is 2.19. The number of ether oxygens (including phenoxy) is 4. The van der Waals surface area contributed by atoms with Gasteiger partial charge in [-0.15, -0.1) is 0 Å². The van der Waals surface area contributed by atoms with Crippen LogP contribution >= 0.6 is 15.9 Å². The van der Waals surface area contributed by atoms with Crippen LogP contribution in [0.5, 0.6) is 0 Å². The first-order valence-corrected chi connectivity index (χ1v) is 16.8. The molecule has 0 unspecified atom stereocenters. The predicted octanol–water partition coefficient (Wildman–Crippen LogP) is 5.26. The summed E-state index contributed by atoms with van der Waals surface area (Å²) in [5.74, 6) is -4.22. The molecule has 2 aliphatic rings. The molecule has 2 aliphatic heterocycles. The lowest BCUT2D eigenvalue weighted by Gasteiger charge is -2.38. The van der Waals surface area contributed by atoms with Gasteiger partial charge in [0.1, 0.15) is 18.3 Å². The summed E-state index contributed by atoms with van der Waals surface area (Å²) in [7, 11) is 0. The minimum Gasteiger partial charge on any atom is -0.439 e. The summed E-state index contributed by atoms with van der Waals surface area (Å²) >= 11 is 3.30. The standard InChI is InChI=1S/C37H40BrNO9/c1-25-33(28-16-9-4-10-17-28)47-36(43)39(25)35(42)30(20-26-12-5-2-6-13-26)34-31(41)21-32(38)37(44,48-34)18-11-19-45-24-29(22-40)46-23-27-14-7-3-8-15-27/h2-10,12-17,21,25,29-30,33-34,40,44H,11,18-20,22-24H2,1H3/t25-,29+,30-,33-,34-,37+/m0/s1. The Labute approximate surface area is 288 Å². The summed E-state index contributed by atoms with van der Waals surface area (Å²) in [4.78, 5) is 41.9. The zero-order valence-corrected chi connectivity index (χ0v) is 28.2. The Hall–Kier alpha value is -3.71. The van der Waals surface area contributed by atoms with Crippen LogP contribution in [0.25, 0.3) is 0 Å². The number of ketones is 1. The molecule has 2 N–H and O–H groups in total. The maximum Gasteiger partial charge on any atom is 0.417 e. The minimum atomic E-state index is -1.93. The van der Waals surface area contributed by atoms with Crippen LogP contribution in [-0.2, 0) is 41.6 Å². The maximum atomic E-state index is 14.2. The number of carbonyl (C=O) groups is 3. The zero-order chi connectivity index (χ0) is 34.1. The monoisotopic (exact) mass is 721 g/mol. The fraction of sp³-hybridized carbons (Fsp3) is 0.378. The largest absolute Gasteiger partial charge is 0.439 e. The van der Waals surface area contributed by atoms with Crippen molar-refractivity contribution >= 4 is 33.7 Å². The molecule has 11 heteroatoms. The van der Waals surface area contributed by atoms with E-state index in [0.29, 0.717) is 13.0 Å². The quantitative estimate of drug-likeness (QED) is 0.202. The molecular formula is C37H40BrNO9. The molecule has 3 aromatic carbocycles. The van der Waals surface area contributed by atoms with E-state index in [0.717, 1.165) is 21.6 Å². The Morgan fingerprint density at radius 3 is 2.25 bits per heavy atom. The summed E-state index contributed by atoms with van der Waals surface area (Å²) < 4.78 is 23.3. The highest BCUT2D eigenvalue weighted by atomic mass is 79.9. The van der Waals surface area contributed by atoms with Gasteiger partial charge in [0.2, 0.25) is 5.91 Å². The lowest BCUT2D eigenvalue weighted by Crippen LogP contribution is -2.53. The van der Waals surface area contributed by atoms with Gasteiger partial charge in [-0.3, -0.25) is 9.59 Å². The van der Waals surface area contributed by atoms with E-state index in [2.05, 4.69) is 15.9 Å². The van der Waals surface area contributed by atoms with Gasteiger partial charge in [0.25, 0.3) is 0 Å². The third-order valence-electron chi connectivity index (χ3n) is 8.50. The number of carbonyl (C=O) groups excluding carboxylic acids is 3. The molecule has 0 bridgehead atoms. The van der Waals surface area contributed by atoms with Crippen LogP contribution in [0.3, 0.4) is 0 Å². The third-order valence-corrected chi connectivity index (χ3v) is 9.35. The molecular weight excluding hydrogens is 682 g/mol. The van der Waals surface area contributed by atoms with Crippen molar-refractivity contribution in [3.8, 4) is 0 Å². The number of benzene rings is 3. The summed E-state index contributed by atoms with van der Waals surface area (Å²) in [6, 6.07) is 27.2. The molecule has 0 radical (unpaired) electrons. The van der Waals surface area contributed by atoms with E-state index in [1.54, 1.807) is 6.92 Å². The molecule has 6 atom stereocenters. The third kappa shape index (κ3) is 8.65. The summed E-state index contributed by atoms with van der Waals surface area (Å²) in [5.41, 5.74) is 2.48. The van der Waals surface area contributed by atoms with Gasteiger partial charge in [0.15, 0.2) is 11.6 Å². The van der Waals surface area contributed by atoms with E-state index >= 15 is 0 Å². The highest BCUT2D eigenvalue weighted by molar-refractivity contribution is 9.11. The topological polar surface area (TPSA) is 132 Å². The van der Waals surface area contributed by atoms with Gasteiger partial charge in [-0.05, 0) is 58.5 Å². The normalized spacial score (nSPS) is 23.8. The number of hydrogen-bond donors (Lipinski definition) is 2. The number of aliphatic hydroxyl groups excluding tert-OH is 1. The van der Waals surface area contributed by atoms with Crippen molar-refractivity contribution in [2.45, 2.75) is 62.9 Å². The molecule has 48 heavy (non-hydrogen) atoms. The Kier molecular flexibility index (Phi) is 12.3. The SMILES string of the molecule is C[C@H]1[C@@H](c2ccccc2)OC(=O)N1C(=O)[C@@H](Cc1ccccc1)[C@@H]1O[C@](O)(CCCOC[C@@H](CO)OCc2ccccc2)C(Br)=CC1=O. The molecule has 0 saturated carbocycles. The van der Waals surface area contributed by atoms with Crippen LogP contribution in [0, 0.1) is 5.92 Å². The number of imide groups is 1. The lowest BCUT2D eigenvalue weighted by atomic mass is 9.87. The Morgan fingerprint density at radius 2 is 1.60 bits per heavy atom. The molecule has 1 saturated heterocycles. The van der Waals surface area contributed by atoms with Crippen LogP contribution in [-0.4, -0.2) is 76.8 Å². The van der Waals surface area contributed by atoms with Crippen molar-refractivity contribution in [1.82, 2.24) is 4.90 Å². The first-order valence-electron chi connectivity index (χ1n) is 16.0. The molecule has 2 heterocycles. The number of nitrogens with zero attached hydrogens (tertiary/aromatic N) is 1. The van der Waals surface area contributed by atoms with Crippen molar-refractivity contribution in [2.75, 3.05) is 19.8 Å². The van der Waals surface area contributed by atoms with Crippen molar-refractivity contribution < 1.29 is 43.5 Å².